The molecule has 2 aromatic carbocycles. The van der Waals surface area contributed by atoms with Gasteiger partial charge in [0.2, 0.25) is 0 Å². The minimum absolute atomic E-state index is 0.0293. The van der Waals surface area contributed by atoms with Crippen LogP contribution in [0.15, 0.2) is 59.5 Å². The fourth-order valence-electron chi connectivity index (χ4n) is 4.78. The van der Waals surface area contributed by atoms with Gasteiger partial charge in [0.1, 0.15) is 5.75 Å². The van der Waals surface area contributed by atoms with E-state index in [-0.39, 0.29) is 23.7 Å². The molecule has 2 heterocycles. The number of ether oxygens (including phenoxy) is 2. The number of pyridine rings is 1. The van der Waals surface area contributed by atoms with Crippen LogP contribution in [0.5, 0.6) is 5.75 Å². The number of nitriles is 1. The van der Waals surface area contributed by atoms with Crippen LogP contribution in [0.2, 0.25) is 5.02 Å². The van der Waals surface area contributed by atoms with E-state index in [0.717, 1.165) is 12.8 Å². The van der Waals surface area contributed by atoms with Crippen molar-refractivity contribution in [2.45, 2.75) is 31.7 Å². The third-order valence-electron chi connectivity index (χ3n) is 6.75. The molecule has 1 aromatic heterocycles. The first-order valence-corrected chi connectivity index (χ1v) is 12.6. The summed E-state index contributed by atoms with van der Waals surface area (Å²) in [5.41, 5.74) is 1.57. The highest BCUT2D eigenvalue weighted by atomic mass is 35.5. The molecular formula is C29H27ClN2O6. The van der Waals surface area contributed by atoms with Crippen molar-refractivity contribution >= 4 is 23.4 Å². The highest BCUT2D eigenvalue weighted by Crippen LogP contribution is 2.34. The lowest BCUT2D eigenvalue weighted by Crippen LogP contribution is -2.33. The van der Waals surface area contributed by atoms with Crippen LogP contribution < -0.4 is 10.3 Å². The average Bonchev–Trinajstić information content (AvgIpc) is 2.92. The summed E-state index contributed by atoms with van der Waals surface area (Å²) in [4.78, 5) is 38.3. The fourth-order valence-corrected chi connectivity index (χ4v) is 4.95. The molecule has 0 radical (unpaired) electrons. The van der Waals surface area contributed by atoms with Crippen LogP contribution in [-0.4, -0.2) is 41.7 Å². The van der Waals surface area contributed by atoms with E-state index in [1.807, 2.05) is 0 Å². The van der Waals surface area contributed by atoms with Gasteiger partial charge in [0.25, 0.3) is 5.56 Å². The van der Waals surface area contributed by atoms with E-state index >= 15 is 0 Å². The maximum atomic E-state index is 13.6. The molecule has 196 valence electrons. The monoisotopic (exact) mass is 534 g/mol. The number of methoxy groups -OCH3 is 1. The van der Waals surface area contributed by atoms with Crippen LogP contribution in [0.25, 0.3) is 11.1 Å². The zero-order valence-corrected chi connectivity index (χ0v) is 21.6. The van der Waals surface area contributed by atoms with Gasteiger partial charge < -0.3 is 19.1 Å². The molecule has 3 aromatic rings. The number of nitrogens with zero attached hydrogens (tertiary/aromatic N) is 2. The number of carbonyl (C=O) groups is 2. The predicted octanol–water partition coefficient (Wildman–Crippen LogP) is 4.92. The number of Topliss-reactive ketones (excluding diaryl/α,β-unsaturated/α-hetero) is 1. The Kier molecular flexibility index (Phi) is 8.62. The van der Waals surface area contributed by atoms with Crippen LogP contribution in [0.4, 0.5) is 0 Å². The lowest BCUT2D eigenvalue weighted by molar-refractivity contribution is -0.122. The number of carboxylic acids is 1. The number of hydrogen-bond donors (Lipinski definition) is 1. The quantitative estimate of drug-likeness (QED) is 0.414. The molecule has 8 nitrogen and oxygen atoms in total. The van der Waals surface area contributed by atoms with Crippen LogP contribution in [0, 0.1) is 17.2 Å². The van der Waals surface area contributed by atoms with Crippen molar-refractivity contribution in [1.82, 2.24) is 4.57 Å². The number of ketones is 1. The second-order valence-electron chi connectivity index (χ2n) is 9.28. The zero-order chi connectivity index (χ0) is 27.2. The molecule has 0 saturated carbocycles. The molecule has 0 spiro atoms. The molecule has 2 atom stereocenters. The van der Waals surface area contributed by atoms with Gasteiger partial charge in [-0.1, -0.05) is 23.7 Å². The van der Waals surface area contributed by atoms with Gasteiger partial charge in [-0.25, -0.2) is 4.79 Å². The minimum atomic E-state index is -1.05. The fraction of sp³-hybridized carbons (Fsp3) is 0.310. The molecule has 1 aliphatic rings. The molecule has 0 amide bonds. The molecule has 4 rings (SSSR count). The third kappa shape index (κ3) is 6.13. The van der Waals surface area contributed by atoms with Gasteiger partial charge in [-0.05, 0) is 61.1 Å². The van der Waals surface area contributed by atoms with Crippen molar-refractivity contribution in [3.8, 4) is 22.9 Å². The predicted molar refractivity (Wildman–Crippen MR) is 142 cm³/mol. The Bertz CT molecular complexity index is 1430. The number of rotatable bonds is 9. The van der Waals surface area contributed by atoms with Gasteiger partial charge in [-0.3, -0.25) is 9.59 Å². The standard InChI is InChI=1S/C29H27ClN2O6/c1-37-27-16-32(28(34)14-24(27)23-13-22(30)9-8-21(23)15-31)25(11-19-3-2-10-38-17-19)26(33)12-18-4-6-20(7-5-18)29(35)36/h4-9,13-14,16,19,25H,2-3,10-12,17H2,1H3,(H,35,36). The normalized spacial score (nSPS) is 15.9. The van der Waals surface area contributed by atoms with Crippen molar-refractivity contribution in [3.05, 3.63) is 86.8 Å². The first kappa shape index (κ1) is 27.1. The second-order valence-corrected chi connectivity index (χ2v) is 9.72. The summed E-state index contributed by atoms with van der Waals surface area (Å²) in [5, 5.41) is 19.1. The largest absolute Gasteiger partial charge is 0.495 e. The van der Waals surface area contributed by atoms with E-state index < -0.39 is 17.6 Å². The van der Waals surface area contributed by atoms with E-state index in [1.54, 1.807) is 30.3 Å². The average molecular weight is 535 g/mol. The molecular weight excluding hydrogens is 508 g/mol. The topological polar surface area (TPSA) is 119 Å². The summed E-state index contributed by atoms with van der Waals surface area (Å²) in [6, 6.07) is 13.6. The van der Waals surface area contributed by atoms with Crippen LogP contribution in [0.1, 0.15) is 46.8 Å². The summed E-state index contributed by atoms with van der Waals surface area (Å²) < 4.78 is 12.6. The van der Waals surface area contributed by atoms with Crippen LogP contribution >= 0.6 is 11.6 Å². The van der Waals surface area contributed by atoms with Gasteiger partial charge in [-0.15, -0.1) is 0 Å². The number of aromatic carboxylic acids is 1. The number of benzene rings is 2. The van der Waals surface area contributed by atoms with Crippen LogP contribution in [-0.2, 0) is 16.0 Å². The molecule has 1 saturated heterocycles. The second kappa shape index (κ2) is 12.1. The lowest BCUT2D eigenvalue weighted by Gasteiger charge is -2.28. The van der Waals surface area contributed by atoms with E-state index in [9.17, 15) is 19.6 Å². The van der Waals surface area contributed by atoms with E-state index in [0.29, 0.717) is 52.7 Å². The van der Waals surface area contributed by atoms with Gasteiger partial charge in [-0.2, -0.15) is 5.26 Å². The Morgan fingerprint density at radius 3 is 2.61 bits per heavy atom. The molecule has 1 N–H and O–H groups in total. The van der Waals surface area contributed by atoms with Gasteiger partial charge in [0.15, 0.2) is 5.78 Å². The highest BCUT2D eigenvalue weighted by Gasteiger charge is 2.28. The summed E-state index contributed by atoms with van der Waals surface area (Å²) in [5.74, 6) is -0.804. The smallest absolute Gasteiger partial charge is 0.335 e. The Morgan fingerprint density at radius 2 is 1.97 bits per heavy atom. The first-order chi connectivity index (χ1) is 18.3. The number of aromatic nitrogens is 1. The minimum Gasteiger partial charge on any atom is -0.495 e. The number of carbonyl (C=O) groups excluding carboxylic acids is 1. The number of halogens is 1. The zero-order valence-electron chi connectivity index (χ0n) is 20.9. The molecule has 0 aliphatic carbocycles. The first-order valence-electron chi connectivity index (χ1n) is 12.2. The third-order valence-corrected chi connectivity index (χ3v) is 6.99. The number of hydrogen-bond acceptors (Lipinski definition) is 6. The Balaban J connectivity index is 1.73. The molecule has 0 bridgehead atoms. The lowest BCUT2D eigenvalue weighted by atomic mass is 9.90. The Hall–Kier alpha value is -3.93. The van der Waals surface area contributed by atoms with Crippen molar-refractivity contribution in [2.75, 3.05) is 20.3 Å². The van der Waals surface area contributed by atoms with E-state index in [2.05, 4.69) is 6.07 Å². The maximum absolute atomic E-state index is 13.6. The highest BCUT2D eigenvalue weighted by molar-refractivity contribution is 6.31. The maximum Gasteiger partial charge on any atom is 0.335 e. The molecule has 2 unspecified atom stereocenters. The summed E-state index contributed by atoms with van der Waals surface area (Å²) >= 11 is 6.17. The molecule has 38 heavy (non-hydrogen) atoms. The molecule has 9 heteroatoms. The van der Waals surface area contributed by atoms with E-state index in [4.69, 9.17) is 26.2 Å². The van der Waals surface area contributed by atoms with Gasteiger partial charge in [0, 0.05) is 41.9 Å². The molecule has 1 aliphatic heterocycles. The molecule has 1 fully saturated rings. The van der Waals surface area contributed by atoms with Crippen molar-refractivity contribution < 1.29 is 24.2 Å². The van der Waals surface area contributed by atoms with E-state index in [1.165, 1.54) is 36.1 Å². The van der Waals surface area contributed by atoms with Crippen LogP contribution in [0.3, 0.4) is 0 Å². The summed E-state index contributed by atoms with van der Waals surface area (Å²) in [7, 11) is 1.46. The number of carboxylic acid groups (broad SMARTS) is 1. The van der Waals surface area contributed by atoms with Gasteiger partial charge >= 0.3 is 5.97 Å². The SMILES string of the molecule is COc1cn(C(CC2CCCOC2)C(=O)Cc2ccc(C(=O)O)cc2)c(=O)cc1-c1cc(Cl)ccc1C#N. The Labute approximate surface area is 225 Å². The summed E-state index contributed by atoms with van der Waals surface area (Å²) in [6.45, 7) is 1.18. The summed E-state index contributed by atoms with van der Waals surface area (Å²) in [6.07, 6.45) is 3.72. The van der Waals surface area contributed by atoms with Crippen molar-refractivity contribution in [1.29, 1.82) is 5.26 Å². The van der Waals surface area contributed by atoms with Crippen molar-refractivity contribution in [3.63, 3.8) is 0 Å². The van der Waals surface area contributed by atoms with Crippen molar-refractivity contribution in [2.24, 2.45) is 5.92 Å². The van der Waals surface area contributed by atoms with Gasteiger partial charge in [0.05, 0.1) is 36.5 Å². The Morgan fingerprint density at radius 1 is 1.21 bits per heavy atom.